The highest BCUT2D eigenvalue weighted by Crippen LogP contribution is 2.33. The molecule has 1 aromatic carbocycles. The van der Waals surface area contributed by atoms with Crippen molar-refractivity contribution in [3.05, 3.63) is 28.8 Å². The summed E-state index contributed by atoms with van der Waals surface area (Å²) >= 11 is 5.84. The first kappa shape index (κ1) is 13.3. The molecule has 1 aliphatic rings. The molecule has 4 nitrogen and oxygen atoms in total. The van der Waals surface area contributed by atoms with Crippen molar-refractivity contribution in [3.63, 3.8) is 0 Å². The molecule has 0 spiro atoms. The van der Waals surface area contributed by atoms with Crippen molar-refractivity contribution in [2.45, 2.75) is 36.6 Å². The lowest BCUT2D eigenvalue weighted by molar-refractivity contribution is 0.248. The Bertz CT molecular complexity index is 615. The van der Waals surface area contributed by atoms with Gasteiger partial charge in [-0.2, -0.15) is 5.26 Å². The van der Waals surface area contributed by atoms with Crippen LogP contribution in [0.3, 0.4) is 0 Å². The Hall–Kier alpha value is -1.09. The number of benzene rings is 1. The van der Waals surface area contributed by atoms with E-state index in [-0.39, 0.29) is 21.0 Å². The number of nitriles is 1. The summed E-state index contributed by atoms with van der Waals surface area (Å²) in [6.45, 7) is 1.89. The molecule has 0 saturated heterocycles. The number of hydrogen-bond donors (Lipinski definition) is 1. The second-order valence-corrected chi connectivity index (χ2v) is 6.86. The van der Waals surface area contributed by atoms with Crippen LogP contribution in [-0.2, 0) is 10.0 Å². The Morgan fingerprint density at radius 1 is 1.44 bits per heavy atom. The van der Waals surface area contributed by atoms with E-state index in [2.05, 4.69) is 4.72 Å². The predicted molar refractivity (Wildman–Crippen MR) is 68.7 cm³/mol. The normalized spacial score (nSPS) is 17.8. The van der Waals surface area contributed by atoms with Gasteiger partial charge in [0, 0.05) is 5.54 Å². The summed E-state index contributed by atoms with van der Waals surface area (Å²) in [7, 11) is -3.57. The van der Waals surface area contributed by atoms with Crippen LogP contribution >= 0.6 is 11.6 Å². The number of nitrogens with one attached hydrogen (secondary N) is 1. The largest absolute Gasteiger partial charge is 0.241 e. The molecule has 1 fully saturated rings. The van der Waals surface area contributed by atoms with E-state index in [9.17, 15) is 8.42 Å². The zero-order valence-electron chi connectivity index (χ0n) is 9.90. The standard InChI is InChI=1S/C12H13ClN2O2S/c1-12(5-2-6-12)15-18(16,17)10-4-3-9(8-14)11(13)7-10/h3-4,7,15H,2,5-6H2,1H3. The van der Waals surface area contributed by atoms with Crippen LogP contribution in [0.25, 0.3) is 0 Å². The van der Waals surface area contributed by atoms with E-state index in [4.69, 9.17) is 16.9 Å². The van der Waals surface area contributed by atoms with Crippen molar-refractivity contribution in [3.8, 4) is 6.07 Å². The summed E-state index contributed by atoms with van der Waals surface area (Å²) in [5, 5.41) is 8.90. The average molecular weight is 285 g/mol. The van der Waals surface area contributed by atoms with E-state index in [1.165, 1.54) is 18.2 Å². The van der Waals surface area contributed by atoms with Crippen molar-refractivity contribution < 1.29 is 8.42 Å². The van der Waals surface area contributed by atoms with Crippen LogP contribution in [0.1, 0.15) is 31.7 Å². The Labute approximate surface area is 112 Å². The lowest BCUT2D eigenvalue weighted by atomic mass is 9.80. The Morgan fingerprint density at radius 3 is 2.56 bits per heavy atom. The van der Waals surface area contributed by atoms with Crippen LogP contribution in [0.4, 0.5) is 0 Å². The van der Waals surface area contributed by atoms with Gasteiger partial charge in [0.25, 0.3) is 0 Å². The van der Waals surface area contributed by atoms with Gasteiger partial charge >= 0.3 is 0 Å². The Kier molecular flexibility index (Phi) is 3.37. The monoisotopic (exact) mass is 284 g/mol. The second-order valence-electron chi connectivity index (χ2n) is 4.77. The fourth-order valence-corrected chi connectivity index (χ4v) is 3.72. The van der Waals surface area contributed by atoms with Crippen molar-refractivity contribution in [1.29, 1.82) is 5.26 Å². The maximum absolute atomic E-state index is 12.1. The van der Waals surface area contributed by atoms with Gasteiger partial charge in [-0.1, -0.05) is 11.6 Å². The van der Waals surface area contributed by atoms with E-state index in [0.717, 1.165) is 19.3 Å². The van der Waals surface area contributed by atoms with Gasteiger partial charge in [0.2, 0.25) is 10.0 Å². The van der Waals surface area contributed by atoms with E-state index >= 15 is 0 Å². The molecule has 0 radical (unpaired) electrons. The van der Waals surface area contributed by atoms with Crippen LogP contribution < -0.4 is 4.72 Å². The first-order chi connectivity index (χ1) is 8.36. The molecule has 0 heterocycles. The fourth-order valence-electron chi connectivity index (χ4n) is 1.95. The molecule has 96 valence electrons. The van der Waals surface area contributed by atoms with Gasteiger partial charge in [-0.05, 0) is 44.4 Å². The number of nitrogens with zero attached hydrogens (tertiary/aromatic N) is 1. The molecular formula is C12H13ClN2O2S. The SMILES string of the molecule is CC1(NS(=O)(=O)c2ccc(C#N)c(Cl)c2)CCC1. The summed E-state index contributed by atoms with van der Waals surface area (Å²) in [6.07, 6.45) is 2.72. The first-order valence-electron chi connectivity index (χ1n) is 5.60. The van der Waals surface area contributed by atoms with Gasteiger partial charge in [0.05, 0.1) is 15.5 Å². The molecule has 0 unspecified atom stereocenters. The van der Waals surface area contributed by atoms with Crippen molar-refractivity contribution >= 4 is 21.6 Å². The fraction of sp³-hybridized carbons (Fsp3) is 0.417. The minimum Gasteiger partial charge on any atom is -0.207 e. The molecule has 1 aromatic rings. The maximum atomic E-state index is 12.1. The first-order valence-corrected chi connectivity index (χ1v) is 7.46. The molecule has 0 aromatic heterocycles. The molecule has 1 saturated carbocycles. The Balaban J connectivity index is 2.30. The number of hydrogen-bond acceptors (Lipinski definition) is 3. The van der Waals surface area contributed by atoms with Gasteiger partial charge in [-0.15, -0.1) is 0 Å². The molecule has 6 heteroatoms. The molecule has 0 atom stereocenters. The lowest BCUT2D eigenvalue weighted by Crippen LogP contribution is -2.50. The van der Waals surface area contributed by atoms with Crippen LogP contribution in [0.5, 0.6) is 0 Å². The van der Waals surface area contributed by atoms with E-state index in [1.54, 1.807) is 0 Å². The van der Waals surface area contributed by atoms with Crippen LogP contribution in [0, 0.1) is 11.3 Å². The summed E-state index contributed by atoms with van der Waals surface area (Å²) in [4.78, 5) is 0.0969. The van der Waals surface area contributed by atoms with E-state index in [1.807, 2.05) is 13.0 Å². The van der Waals surface area contributed by atoms with Gasteiger partial charge in [-0.25, -0.2) is 13.1 Å². The van der Waals surface area contributed by atoms with Gasteiger partial charge < -0.3 is 0 Å². The molecule has 1 N–H and O–H groups in total. The third-order valence-electron chi connectivity index (χ3n) is 3.21. The minimum absolute atomic E-state index is 0.0969. The molecular weight excluding hydrogens is 272 g/mol. The molecule has 0 aliphatic heterocycles. The summed E-state index contributed by atoms with van der Waals surface area (Å²) in [5.74, 6) is 0. The summed E-state index contributed by atoms with van der Waals surface area (Å²) < 4.78 is 27.0. The van der Waals surface area contributed by atoms with Crippen LogP contribution in [-0.4, -0.2) is 14.0 Å². The number of halogens is 1. The summed E-state index contributed by atoms with van der Waals surface area (Å²) in [5.41, 5.74) is -0.0791. The maximum Gasteiger partial charge on any atom is 0.241 e. The van der Waals surface area contributed by atoms with Crippen LogP contribution in [0.15, 0.2) is 23.1 Å². The topological polar surface area (TPSA) is 70.0 Å². The van der Waals surface area contributed by atoms with Gasteiger partial charge in [0.15, 0.2) is 0 Å². The van der Waals surface area contributed by atoms with Crippen molar-refractivity contribution in [2.24, 2.45) is 0 Å². The third-order valence-corrected chi connectivity index (χ3v) is 5.16. The second kappa shape index (κ2) is 4.54. The highest BCUT2D eigenvalue weighted by Gasteiger charge is 2.36. The van der Waals surface area contributed by atoms with Crippen LogP contribution in [0.2, 0.25) is 5.02 Å². The zero-order valence-corrected chi connectivity index (χ0v) is 11.5. The van der Waals surface area contributed by atoms with E-state index < -0.39 is 10.0 Å². The third kappa shape index (κ3) is 2.51. The number of rotatable bonds is 3. The quantitative estimate of drug-likeness (QED) is 0.927. The zero-order chi connectivity index (χ0) is 13.4. The van der Waals surface area contributed by atoms with Crippen molar-refractivity contribution in [2.75, 3.05) is 0 Å². The van der Waals surface area contributed by atoms with E-state index in [0.29, 0.717) is 0 Å². The molecule has 0 bridgehead atoms. The molecule has 1 aliphatic carbocycles. The molecule has 0 amide bonds. The highest BCUT2D eigenvalue weighted by molar-refractivity contribution is 7.89. The highest BCUT2D eigenvalue weighted by atomic mass is 35.5. The molecule has 18 heavy (non-hydrogen) atoms. The van der Waals surface area contributed by atoms with Crippen molar-refractivity contribution in [1.82, 2.24) is 4.72 Å². The van der Waals surface area contributed by atoms with Gasteiger partial charge in [-0.3, -0.25) is 0 Å². The predicted octanol–water partition coefficient (Wildman–Crippen LogP) is 2.43. The average Bonchev–Trinajstić information content (AvgIpc) is 2.26. The smallest absolute Gasteiger partial charge is 0.207 e. The minimum atomic E-state index is -3.57. The Morgan fingerprint density at radius 2 is 2.11 bits per heavy atom. The molecule has 2 rings (SSSR count). The lowest BCUT2D eigenvalue weighted by Gasteiger charge is -2.38. The number of sulfonamides is 1. The van der Waals surface area contributed by atoms with Gasteiger partial charge in [0.1, 0.15) is 6.07 Å². The summed E-state index contributed by atoms with van der Waals surface area (Å²) in [6, 6.07) is 6.02.